The highest BCUT2D eigenvalue weighted by molar-refractivity contribution is 9.11. The summed E-state index contributed by atoms with van der Waals surface area (Å²) in [6.07, 6.45) is 0.457. The van der Waals surface area contributed by atoms with Crippen LogP contribution in [0, 0.1) is 0 Å². The highest BCUT2D eigenvalue weighted by atomic mass is 79.9. The van der Waals surface area contributed by atoms with Crippen LogP contribution < -0.4 is 15.8 Å². The fraction of sp³-hybridized carbons (Fsp3) is 0.471. The van der Waals surface area contributed by atoms with Gasteiger partial charge in [-0.05, 0) is 41.4 Å². The fourth-order valence-corrected chi connectivity index (χ4v) is 6.25. The van der Waals surface area contributed by atoms with Crippen LogP contribution in [0.1, 0.15) is 19.2 Å². The Morgan fingerprint density at radius 2 is 2.14 bits per heavy atom. The average molecular weight is 537 g/mol. The van der Waals surface area contributed by atoms with Crippen LogP contribution in [0.25, 0.3) is 10.9 Å². The van der Waals surface area contributed by atoms with Crippen molar-refractivity contribution in [3.8, 4) is 0 Å². The molecule has 0 bridgehead atoms. The Labute approximate surface area is 179 Å². The minimum absolute atomic E-state index is 0.00331. The molecule has 1 aliphatic rings. The summed E-state index contributed by atoms with van der Waals surface area (Å²) in [4.78, 5) is 32.9. The maximum absolute atomic E-state index is 12.4. The van der Waals surface area contributed by atoms with Gasteiger partial charge in [-0.2, -0.15) is 0 Å². The summed E-state index contributed by atoms with van der Waals surface area (Å²) in [6.45, 7) is 3.14. The number of nitrogens with zero attached hydrogens (tertiary/aromatic N) is 1. The number of carbonyl (C=O) groups is 1. The van der Waals surface area contributed by atoms with Crippen molar-refractivity contribution in [2.24, 2.45) is 0 Å². The second-order valence-corrected chi connectivity index (χ2v) is 10.9. The highest BCUT2D eigenvalue weighted by Gasteiger charge is 2.29. The molecule has 0 saturated carbocycles. The number of likely N-dealkylation sites (N-methyl/N-ethyl adjacent to an activating group) is 1. The van der Waals surface area contributed by atoms with Crippen molar-refractivity contribution in [2.75, 3.05) is 24.6 Å². The quantitative estimate of drug-likeness (QED) is 0.486. The van der Waals surface area contributed by atoms with E-state index in [-0.39, 0.29) is 35.6 Å². The molecule has 2 atom stereocenters. The first-order valence-corrected chi connectivity index (χ1v) is 12.3. The smallest absolute Gasteiger partial charge is 0.275 e. The summed E-state index contributed by atoms with van der Waals surface area (Å²) in [5, 5.41) is 3.27. The lowest BCUT2D eigenvalue weighted by Gasteiger charge is -2.18. The van der Waals surface area contributed by atoms with Gasteiger partial charge in [0.2, 0.25) is 0 Å². The van der Waals surface area contributed by atoms with E-state index in [9.17, 15) is 18.0 Å². The molecule has 2 aromatic rings. The van der Waals surface area contributed by atoms with Crippen LogP contribution in [0.5, 0.6) is 0 Å². The molecule has 1 unspecified atom stereocenters. The van der Waals surface area contributed by atoms with E-state index in [1.807, 2.05) is 13.0 Å². The number of sulfone groups is 1. The minimum atomic E-state index is -3.04. The van der Waals surface area contributed by atoms with Crippen molar-refractivity contribution < 1.29 is 18.1 Å². The summed E-state index contributed by atoms with van der Waals surface area (Å²) in [5.41, 5.74) is 0.330. The Kier molecular flexibility index (Phi) is 6.58. The average Bonchev–Trinajstić information content (AvgIpc) is 2.93. The van der Waals surface area contributed by atoms with Crippen molar-refractivity contribution in [3.63, 3.8) is 0 Å². The molecule has 1 aromatic carbocycles. The van der Waals surface area contributed by atoms with Crippen molar-refractivity contribution in [1.29, 1.82) is 0 Å². The first kappa shape index (κ1) is 21.4. The van der Waals surface area contributed by atoms with Gasteiger partial charge in [0.1, 0.15) is 6.54 Å². The molecule has 3 N–H and O–H groups in total. The van der Waals surface area contributed by atoms with Gasteiger partial charge in [-0.25, -0.2) is 13.4 Å². The number of fused-ring (bicyclic) bond motifs is 1. The molecule has 1 aliphatic heterocycles. The number of carbonyl (C=O) groups excluding carboxylic acids is 1. The molecule has 28 heavy (non-hydrogen) atoms. The predicted octanol–water partition coefficient (Wildman–Crippen LogP) is 0.156. The molecule has 1 fully saturated rings. The number of benzene rings is 1. The number of nitrogens with one attached hydrogen (secondary N) is 3. The molecule has 2 heterocycles. The van der Waals surface area contributed by atoms with E-state index < -0.39 is 9.84 Å². The molecule has 0 spiro atoms. The lowest BCUT2D eigenvalue weighted by atomic mass is 10.2. The Morgan fingerprint density at radius 1 is 1.39 bits per heavy atom. The van der Waals surface area contributed by atoms with Gasteiger partial charge < -0.3 is 15.2 Å². The van der Waals surface area contributed by atoms with Crippen molar-refractivity contribution >= 4 is 58.5 Å². The summed E-state index contributed by atoms with van der Waals surface area (Å²) in [6, 6.07) is 3.22. The molecule has 152 valence electrons. The second kappa shape index (κ2) is 8.60. The number of amides is 1. The molecule has 8 nitrogen and oxygen atoms in total. The van der Waals surface area contributed by atoms with Crippen molar-refractivity contribution in [1.82, 2.24) is 15.3 Å². The van der Waals surface area contributed by atoms with E-state index in [0.717, 1.165) is 9.37 Å². The van der Waals surface area contributed by atoms with Gasteiger partial charge in [0.15, 0.2) is 22.2 Å². The molecule has 1 amide bonds. The SMILES string of the molecule is CC[NH+](CC(=O)N[C@H]1CCS(=O)(=O)C1)Cc1nc2c(Br)cc(Br)cc2c(=O)[nH]1. The monoisotopic (exact) mass is 535 g/mol. The number of quaternary nitrogens is 1. The summed E-state index contributed by atoms with van der Waals surface area (Å²) < 4.78 is 24.5. The molecular weight excluding hydrogens is 516 g/mol. The zero-order chi connectivity index (χ0) is 20.5. The van der Waals surface area contributed by atoms with Crippen molar-refractivity contribution in [3.05, 3.63) is 37.3 Å². The third kappa shape index (κ3) is 5.19. The lowest BCUT2D eigenvalue weighted by Crippen LogP contribution is -3.11. The van der Waals surface area contributed by atoms with Gasteiger partial charge in [0.25, 0.3) is 11.5 Å². The largest absolute Gasteiger partial charge is 0.347 e. The maximum atomic E-state index is 12.4. The highest BCUT2D eigenvalue weighted by Crippen LogP contribution is 2.24. The first-order valence-electron chi connectivity index (χ1n) is 8.88. The zero-order valence-electron chi connectivity index (χ0n) is 15.2. The number of hydrogen-bond acceptors (Lipinski definition) is 5. The van der Waals surface area contributed by atoms with Gasteiger partial charge >= 0.3 is 0 Å². The van der Waals surface area contributed by atoms with Gasteiger partial charge in [0, 0.05) is 15.0 Å². The van der Waals surface area contributed by atoms with E-state index in [2.05, 4.69) is 47.1 Å². The number of hydrogen-bond donors (Lipinski definition) is 3. The fourth-order valence-electron chi connectivity index (χ4n) is 3.26. The maximum Gasteiger partial charge on any atom is 0.275 e. The Bertz CT molecular complexity index is 1070. The van der Waals surface area contributed by atoms with E-state index in [1.165, 1.54) is 0 Å². The molecule has 1 saturated heterocycles. The van der Waals surface area contributed by atoms with Gasteiger partial charge in [0.05, 0.1) is 29.0 Å². The Hall–Kier alpha value is -1.30. The van der Waals surface area contributed by atoms with Crippen LogP contribution in [0.15, 0.2) is 25.9 Å². The van der Waals surface area contributed by atoms with E-state index in [0.29, 0.717) is 40.7 Å². The summed E-state index contributed by atoms with van der Waals surface area (Å²) >= 11 is 6.79. The summed E-state index contributed by atoms with van der Waals surface area (Å²) in [5.74, 6) is 0.416. The normalized spacial score (nSPS) is 19.6. The van der Waals surface area contributed by atoms with Gasteiger partial charge in [-0.1, -0.05) is 15.9 Å². The number of rotatable bonds is 6. The van der Waals surface area contributed by atoms with Crippen molar-refractivity contribution in [2.45, 2.75) is 25.9 Å². The number of H-pyrrole nitrogens is 1. The summed E-state index contributed by atoms with van der Waals surface area (Å²) in [7, 11) is -3.04. The standard InChI is InChI=1S/C17H20Br2N4O4S/c1-2-23(8-15(24)20-11-3-4-28(26,27)9-11)7-14-21-16-12(17(25)22-14)5-10(18)6-13(16)19/h5-6,11H,2-4,7-9H2,1H3,(H,20,24)(H,21,22,25)/p+1/t11-/m0/s1. The second-order valence-electron chi connectivity index (χ2n) is 6.92. The van der Waals surface area contributed by atoms with Crippen LogP contribution in [-0.2, 0) is 21.2 Å². The van der Waals surface area contributed by atoms with Crippen LogP contribution >= 0.6 is 31.9 Å². The first-order chi connectivity index (χ1) is 13.2. The van der Waals surface area contributed by atoms with Crippen LogP contribution in [0.3, 0.4) is 0 Å². The Morgan fingerprint density at radius 3 is 2.79 bits per heavy atom. The molecule has 0 aliphatic carbocycles. The minimum Gasteiger partial charge on any atom is -0.347 e. The zero-order valence-corrected chi connectivity index (χ0v) is 19.2. The predicted molar refractivity (Wildman–Crippen MR) is 113 cm³/mol. The van der Waals surface area contributed by atoms with E-state index in [4.69, 9.17) is 0 Å². The molecular formula is C17H21Br2N4O4S+. The van der Waals surface area contributed by atoms with Gasteiger partial charge in [-0.15, -0.1) is 0 Å². The van der Waals surface area contributed by atoms with Crippen LogP contribution in [0.4, 0.5) is 0 Å². The molecule has 11 heteroatoms. The number of aromatic nitrogens is 2. The van der Waals surface area contributed by atoms with E-state index in [1.54, 1.807) is 6.07 Å². The van der Waals surface area contributed by atoms with E-state index >= 15 is 0 Å². The molecule has 1 aromatic heterocycles. The third-order valence-corrected chi connectivity index (χ3v) is 7.53. The molecule has 3 rings (SSSR count). The lowest BCUT2D eigenvalue weighted by molar-refractivity contribution is -0.904. The van der Waals surface area contributed by atoms with Crippen LogP contribution in [0.2, 0.25) is 0 Å². The Balaban J connectivity index is 1.70. The van der Waals surface area contributed by atoms with Gasteiger partial charge in [-0.3, -0.25) is 9.59 Å². The molecule has 0 radical (unpaired) electrons. The topological polar surface area (TPSA) is 113 Å². The van der Waals surface area contributed by atoms with Crippen LogP contribution in [-0.4, -0.2) is 54.9 Å². The third-order valence-electron chi connectivity index (χ3n) is 4.70. The number of halogens is 2. The number of aromatic amines is 1.